The second kappa shape index (κ2) is 4.18. The monoisotopic (exact) mass is 157 g/mol. The molecule has 62 valence electrons. The van der Waals surface area contributed by atoms with E-state index in [-0.39, 0.29) is 12.5 Å². The van der Waals surface area contributed by atoms with Gasteiger partial charge in [0.2, 0.25) is 0 Å². The Hall–Kier alpha value is -0.770. The molecule has 0 radical (unpaired) electrons. The molecule has 1 heterocycles. The van der Waals surface area contributed by atoms with Crippen LogP contribution in [0.2, 0.25) is 0 Å². The van der Waals surface area contributed by atoms with Gasteiger partial charge in [-0.25, -0.2) is 0 Å². The van der Waals surface area contributed by atoms with Gasteiger partial charge in [0.05, 0.1) is 19.3 Å². The van der Waals surface area contributed by atoms with Gasteiger partial charge in [-0.1, -0.05) is 5.11 Å². The van der Waals surface area contributed by atoms with Gasteiger partial charge in [-0.05, 0) is 12.0 Å². The maximum Gasteiger partial charge on any atom is 0.0647 e. The molecule has 2 atom stereocenters. The predicted octanol–water partition coefficient (Wildman–Crippen LogP) is 0.694. The smallest absolute Gasteiger partial charge is 0.0647 e. The maximum absolute atomic E-state index is 9.34. The van der Waals surface area contributed by atoms with Crippen LogP contribution in [-0.4, -0.2) is 31.0 Å². The number of rotatable bonds is 3. The first-order valence-electron chi connectivity index (χ1n) is 3.61. The minimum atomic E-state index is -0.534. The molecule has 1 fully saturated rings. The van der Waals surface area contributed by atoms with Crippen LogP contribution in [0.5, 0.6) is 0 Å². The van der Waals surface area contributed by atoms with Crippen molar-refractivity contribution in [3.8, 4) is 0 Å². The number of hydrogen-bond donors (Lipinski definition) is 1. The zero-order valence-electron chi connectivity index (χ0n) is 6.18. The Bertz CT molecular complexity index is 161. The standard InChI is InChI=1S/C6H11N3O2/c7-9-8-3-6(10)5-1-2-11-4-5/h5-6,10H,1-4H2/t5?,6-/m1/s1. The van der Waals surface area contributed by atoms with E-state index in [2.05, 4.69) is 10.0 Å². The van der Waals surface area contributed by atoms with Gasteiger partial charge < -0.3 is 9.84 Å². The quantitative estimate of drug-likeness (QED) is 0.371. The van der Waals surface area contributed by atoms with E-state index in [4.69, 9.17) is 10.3 Å². The summed E-state index contributed by atoms with van der Waals surface area (Å²) >= 11 is 0. The number of aliphatic hydroxyl groups is 1. The number of azide groups is 1. The van der Waals surface area contributed by atoms with Crippen LogP contribution >= 0.6 is 0 Å². The third kappa shape index (κ3) is 2.38. The average molecular weight is 157 g/mol. The second-order valence-corrected chi connectivity index (χ2v) is 2.60. The highest BCUT2D eigenvalue weighted by Crippen LogP contribution is 2.16. The molecule has 11 heavy (non-hydrogen) atoms. The third-order valence-corrected chi connectivity index (χ3v) is 1.84. The minimum Gasteiger partial charge on any atom is -0.393 e. The largest absolute Gasteiger partial charge is 0.393 e. The fourth-order valence-electron chi connectivity index (χ4n) is 1.13. The van der Waals surface area contributed by atoms with Gasteiger partial charge >= 0.3 is 0 Å². The molecule has 5 heteroatoms. The van der Waals surface area contributed by atoms with E-state index in [1.165, 1.54) is 0 Å². The lowest BCUT2D eigenvalue weighted by atomic mass is 10.0. The normalized spacial score (nSPS) is 26.1. The Morgan fingerprint density at radius 3 is 3.18 bits per heavy atom. The second-order valence-electron chi connectivity index (χ2n) is 2.60. The fourth-order valence-corrected chi connectivity index (χ4v) is 1.13. The summed E-state index contributed by atoms with van der Waals surface area (Å²) < 4.78 is 5.06. The van der Waals surface area contributed by atoms with Crippen molar-refractivity contribution in [2.24, 2.45) is 11.0 Å². The molecular formula is C6H11N3O2. The van der Waals surface area contributed by atoms with Crippen LogP contribution in [0.25, 0.3) is 10.4 Å². The molecular weight excluding hydrogens is 146 g/mol. The molecule has 1 rings (SSSR count). The lowest BCUT2D eigenvalue weighted by Crippen LogP contribution is -2.23. The molecule has 5 nitrogen and oxygen atoms in total. The molecule has 1 unspecified atom stereocenters. The van der Waals surface area contributed by atoms with Gasteiger partial charge in [0.1, 0.15) is 0 Å². The first-order valence-corrected chi connectivity index (χ1v) is 3.61. The van der Waals surface area contributed by atoms with Crippen molar-refractivity contribution in [3.05, 3.63) is 10.4 Å². The van der Waals surface area contributed by atoms with Crippen molar-refractivity contribution in [2.75, 3.05) is 19.8 Å². The number of ether oxygens (including phenoxy) is 1. The van der Waals surface area contributed by atoms with Crippen molar-refractivity contribution in [1.29, 1.82) is 0 Å². The Balaban J connectivity index is 2.27. The number of aliphatic hydroxyl groups excluding tert-OH is 1. The van der Waals surface area contributed by atoms with Crippen molar-refractivity contribution < 1.29 is 9.84 Å². The Morgan fingerprint density at radius 2 is 2.64 bits per heavy atom. The highest BCUT2D eigenvalue weighted by molar-refractivity contribution is 4.74. The van der Waals surface area contributed by atoms with Crippen molar-refractivity contribution in [2.45, 2.75) is 12.5 Å². The first-order chi connectivity index (χ1) is 5.34. The highest BCUT2D eigenvalue weighted by atomic mass is 16.5. The van der Waals surface area contributed by atoms with Gasteiger partial charge in [0.15, 0.2) is 0 Å². The summed E-state index contributed by atoms with van der Waals surface area (Å²) in [5, 5.41) is 12.6. The molecule has 1 saturated heterocycles. The van der Waals surface area contributed by atoms with Gasteiger partial charge in [0, 0.05) is 17.4 Å². The van der Waals surface area contributed by atoms with Crippen LogP contribution in [-0.2, 0) is 4.74 Å². The zero-order valence-corrected chi connectivity index (χ0v) is 6.18. The summed E-state index contributed by atoms with van der Waals surface area (Å²) in [5.41, 5.74) is 7.97. The summed E-state index contributed by atoms with van der Waals surface area (Å²) in [4.78, 5) is 2.57. The van der Waals surface area contributed by atoms with E-state index < -0.39 is 6.10 Å². The van der Waals surface area contributed by atoms with Crippen molar-refractivity contribution >= 4 is 0 Å². The molecule has 0 aromatic carbocycles. The summed E-state index contributed by atoms with van der Waals surface area (Å²) in [7, 11) is 0. The van der Waals surface area contributed by atoms with E-state index in [1.807, 2.05) is 0 Å². The summed E-state index contributed by atoms with van der Waals surface area (Å²) in [6.45, 7) is 1.45. The molecule has 0 amide bonds. The van der Waals surface area contributed by atoms with Gasteiger partial charge in [0.25, 0.3) is 0 Å². The van der Waals surface area contributed by atoms with Crippen LogP contribution < -0.4 is 0 Å². The molecule has 1 N–H and O–H groups in total. The van der Waals surface area contributed by atoms with E-state index in [0.29, 0.717) is 13.2 Å². The lowest BCUT2D eigenvalue weighted by Gasteiger charge is -2.12. The van der Waals surface area contributed by atoms with Crippen molar-refractivity contribution in [3.63, 3.8) is 0 Å². The van der Waals surface area contributed by atoms with Gasteiger partial charge in [-0.2, -0.15) is 0 Å². The van der Waals surface area contributed by atoms with Gasteiger partial charge in [-0.3, -0.25) is 0 Å². The summed E-state index contributed by atoms with van der Waals surface area (Å²) in [5.74, 6) is 0.153. The summed E-state index contributed by atoms with van der Waals surface area (Å²) in [6, 6.07) is 0. The topological polar surface area (TPSA) is 78.2 Å². The van der Waals surface area contributed by atoms with Crippen LogP contribution in [0, 0.1) is 5.92 Å². The zero-order chi connectivity index (χ0) is 8.10. The van der Waals surface area contributed by atoms with Crippen LogP contribution in [0.15, 0.2) is 5.11 Å². The summed E-state index contributed by atoms with van der Waals surface area (Å²) in [6.07, 6.45) is 0.329. The molecule has 0 spiro atoms. The molecule has 0 aromatic rings. The first kappa shape index (κ1) is 8.33. The predicted molar refractivity (Wildman–Crippen MR) is 38.9 cm³/mol. The van der Waals surface area contributed by atoms with E-state index in [9.17, 15) is 5.11 Å². The SMILES string of the molecule is [N-]=[N+]=NC[C@@H](O)C1CCOC1. The number of nitrogens with zero attached hydrogens (tertiary/aromatic N) is 3. The highest BCUT2D eigenvalue weighted by Gasteiger charge is 2.22. The van der Waals surface area contributed by atoms with Crippen LogP contribution in [0.1, 0.15) is 6.42 Å². The Morgan fingerprint density at radius 1 is 1.82 bits per heavy atom. The van der Waals surface area contributed by atoms with Crippen molar-refractivity contribution in [1.82, 2.24) is 0 Å². The lowest BCUT2D eigenvalue weighted by molar-refractivity contribution is 0.0979. The molecule has 0 aromatic heterocycles. The average Bonchev–Trinajstić information content (AvgIpc) is 2.52. The molecule has 1 aliphatic rings. The molecule has 0 bridgehead atoms. The molecule has 0 saturated carbocycles. The molecule has 0 aliphatic carbocycles. The maximum atomic E-state index is 9.34. The van der Waals surface area contributed by atoms with E-state index in [0.717, 1.165) is 6.42 Å². The number of hydrogen-bond acceptors (Lipinski definition) is 3. The Kier molecular flexibility index (Phi) is 3.16. The van der Waals surface area contributed by atoms with E-state index >= 15 is 0 Å². The van der Waals surface area contributed by atoms with E-state index in [1.54, 1.807) is 0 Å². The minimum absolute atomic E-state index is 0.153. The van der Waals surface area contributed by atoms with Crippen LogP contribution in [0.3, 0.4) is 0 Å². The van der Waals surface area contributed by atoms with Crippen LogP contribution in [0.4, 0.5) is 0 Å². The fraction of sp³-hybridized carbons (Fsp3) is 1.00. The third-order valence-electron chi connectivity index (χ3n) is 1.84. The Labute approximate surface area is 64.6 Å². The van der Waals surface area contributed by atoms with Gasteiger partial charge in [-0.15, -0.1) is 0 Å². The molecule has 1 aliphatic heterocycles.